The van der Waals surface area contributed by atoms with Crippen molar-refractivity contribution in [1.29, 1.82) is 0 Å². The van der Waals surface area contributed by atoms with Crippen molar-refractivity contribution in [2.24, 2.45) is 35.0 Å². The van der Waals surface area contributed by atoms with E-state index in [2.05, 4.69) is 13.0 Å². The van der Waals surface area contributed by atoms with E-state index in [0.29, 0.717) is 35.0 Å². The fourth-order valence-corrected chi connectivity index (χ4v) is 10.7. The molecule has 4 nitrogen and oxygen atoms in total. The second kappa shape index (κ2) is 11.9. The van der Waals surface area contributed by atoms with Crippen molar-refractivity contribution in [2.45, 2.75) is 121 Å². The predicted molar refractivity (Wildman–Crippen MR) is 151 cm³/mol. The zero-order chi connectivity index (χ0) is 26.8. The van der Waals surface area contributed by atoms with Gasteiger partial charge in [0.1, 0.15) is 0 Å². The van der Waals surface area contributed by atoms with Crippen LogP contribution in [0.2, 0.25) is 0 Å². The minimum atomic E-state index is -3.46. The molecule has 0 saturated heterocycles. The number of aliphatic hydroxyl groups excluding tert-OH is 2. The van der Waals surface area contributed by atoms with Crippen LogP contribution < -0.4 is 0 Å². The summed E-state index contributed by atoms with van der Waals surface area (Å²) in [5.74, 6) is 3.52. The van der Waals surface area contributed by atoms with Gasteiger partial charge in [-0.25, -0.2) is 8.42 Å². The van der Waals surface area contributed by atoms with E-state index in [9.17, 15) is 18.6 Å². The van der Waals surface area contributed by atoms with Gasteiger partial charge in [0.15, 0.2) is 9.84 Å². The van der Waals surface area contributed by atoms with Gasteiger partial charge in [-0.15, -0.1) is 0 Å². The van der Waals surface area contributed by atoms with Crippen molar-refractivity contribution in [3.8, 4) is 0 Å². The van der Waals surface area contributed by atoms with Crippen molar-refractivity contribution >= 4 is 9.84 Å². The molecule has 0 radical (unpaired) electrons. The van der Waals surface area contributed by atoms with Crippen LogP contribution in [0.25, 0.3) is 0 Å². The summed E-state index contributed by atoms with van der Waals surface area (Å²) in [5.41, 5.74) is 1.84. The third-order valence-electron chi connectivity index (χ3n) is 10.6. The molecular weight excluding hydrogens is 480 g/mol. The summed E-state index contributed by atoms with van der Waals surface area (Å²) in [5, 5.41) is 19.7. The van der Waals surface area contributed by atoms with Crippen LogP contribution in [0.5, 0.6) is 0 Å². The van der Waals surface area contributed by atoms with Gasteiger partial charge in [-0.3, -0.25) is 0 Å². The summed E-state index contributed by atoms with van der Waals surface area (Å²) >= 11 is 0. The lowest BCUT2D eigenvalue weighted by atomic mass is 9.51. The molecule has 3 saturated carbocycles. The number of allylic oxidation sites excluding steroid dienone is 1. The lowest BCUT2D eigenvalue weighted by Crippen LogP contribution is -2.46. The molecule has 3 fully saturated rings. The van der Waals surface area contributed by atoms with E-state index in [1.165, 1.54) is 37.7 Å². The Bertz CT molecular complexity index is 1020. The van der Waals surface area contributed by atoms with Crippen molar-refractivity contribution in [1.82, 2.24) is 0 Å². The summed E-state index contributed by atoms with van der Waals surface area (Å²) < 4.78 is 26.9. The second-order valence-corrected chi connectivity index (χ2v) is 14.7. The summed E-state index contributed by atoms with van der Waals surface area (Å²) in [6.07, 6.45) is 12.8. The highest BCUT2D eigenvalue weighted by atomic mass is 32.2. The Morgan fingerprint density at radius 1 is 1.03 bits per heavy atom. The zero-order valence-electron chi connectivity index (χ0n) is 23.5. The molecule has 1 aromatic rings. The number of benzene rings is 1. The number of sulfone groups is 1. The zero-order valence-corrected chi connectivity index (χ0v) is 24.3. The van der Waals surface area contributed by atoms with Crippen LogP contribution in [0, 0.1) is 35.0 Å². The van der Waals surface area contributed by atoms with Crippen LogP contribution in [0.1, 0.15) is 98.3 Å². The topological polar surface area (TPSA) is 74.6 Å². The molecule has 2 N–H and O–H groups in total. The van der Waals surface area contributed by atoms with E-state index in [1.54, 1.807) is 31.2 Å². The first-order valence-corrected chi connectivity index (χ1v) is 16.6. The maximum absolute atomic E-state index is 13.4. The molecule has 5 heteroatoms. The highest BCUT2D eigenvalue weighted by molar-refractivity contribution is 7.92. The molecule has 1 aromatic carbocycles. The second-order valence-electron chi connectivity index (χ2n) is 12.5. The first-order valence-electron chi connectivity index (χ1n) is 15.0. The highest BCUT2D eigenvalue weighted by Gasteiger charge is 2.55. The summed E-state index contributed by atoms with van der Waals surface area (Å²) in [7, 11) is -3.46. The minimum absolute atomic E-state index is 0.138. The summed E-state index contributed by atoms with van der Waals surface area (Å²) in [6.45, 7) is 8.21. The number of rotatable bonds is 7. The van der Waals surface area contributed by atoms with E-state index < -0.39 is 21.2 Å². The van der Waals surface area contributed by atoms with Gasteiger partial charge in [0.2, 0.25) is 0 Å². The molecule has 0 amide bonds. The van der Waals surface area contributed by atoms with Gasteiger partial charge < -0.3 is 10.2 Å². The van der Waals surface area contributed by atoms with Crippen molar-refractivity contribution in [2.75, 3.05) is 0 Å². The molecule has 0 aromatic heterocycles. The number of fused-ring (bicyclic) bond motifs is 5. The van der Waals surface area contributed by atoms with Crippen LogP contribution in [0.3, 0.4) is 0 Å². The Kier molecular flexibility index (Phi) is 9.29. The van der Waals surface area contributed by atoms with Gasteiger partial charge in [-0.2, -0.15) is 0 Å². The number of aliphatic hydroxyl groups is 2. The van der Waals surface area contributed by atoms with E-state index >= 15 is 0 Å². The lowest BCUT2D eigenvalue weighted by molar-refractivity contribution is -0.0200. The smallest absolute Gasteiger partial charge is 0.181 e. The Morgan fingerprint density at radius 2 is 1.76 bits per heavy atom. The van der Waals surface area contributed by atoms with Crippen molar-refractivity contribution < 1.29 is 18.6 Å². The Labute approximate surface area is 225 Å². The minimum Gasteiger partial charge on any atom is -0.393 e. The largest absolute Gasteiger partial charge is 0.393 e. The predicted octanol–water partition coefficient (Wildman–Crippen LogP) is 6.96. The summed E-state index contributed by atoms with van der Waals surface area (Å²) in [6, 6.07) is 8.79. The molecule has 4 aliphatic carbocycles. The van der Waals surface area contributed by atoms with Gasteiger partial charge in [-0.1, -0.05) is 50.6 Å². The number of hydrogen-bond acceptors (Lipinski definition) is 4. The maximum Gasteiger partial charge on any atom is 0.181 e. The summed E-state index contributed by atoms with van der Waals surface area (Å²) in [4.78, 5) is 0.379. The van der Waals surface area contributed by atoms with Crippen molar-refractivity contribution in [3.05, 3.63) is 42.0 Å². The third kappa shape index (κ3) is 5.75. The van der Waals surface area contributed by atoms with E-state index in [0.717, 1.165) is 43.4 Å². The van der Waals surface area contributed by atoms with Gasteiger partial charge >= 0.3 is 0 Å². The molecule has 0 bridgehead atoms. The average molecular weight is 531 g/mol. The standard InChI is InChI=1S/C30H44O4S.C2H6/c1-20(31)18-25(35(33,34)24-6-4-3-5-7-24)12-9-22-10-15-29-28-13-8-21-19-23(32)11-14-26(21)27(28)16-17-30(22,29)2;1-2/h3-8,20,22-23,25-29,31-32H,9-19H2,1-2H3;1-2H3/t20?,22-,23?,25?,26?,27?,28?,29?,30?;/m0./s1. The number of hydrogen-bond donors (Lipinski definition) is 2. The Morgan fingerprint density at radius 3 is 2.46 bits per heavy atom. The van der Waals surface area contributed by atoms with Crippen LogP contribution in [0.15, 0.2) is 46.9 Å². The quantitative estimate of drug-likeness (QED) is 0.374. The Balaban J connectivity index is 0.00000156. The molecule has 0 aliphatic heterocycles. The maximum atomic E-state index is 13.4. The molecule has 9 atom stereocenters. The third-order valence-corrected chi connectivity index (χ3v) is 12.8. The molecule has 4 aliphatic rings. The fraction of sp³-hybridized carbons (Fsp3) is 0.750. The first kappa shape index (κ1) is 28.8. The van der Waals surface area contributed by atoms with Gasteiger partial charge in [0, 0.05) is 0 Å². The monoisotopic (exact) mass is 530 g/mol. The highest BCUT2D eigenvalue weighted by Crippen LogP contribution is 2.64. The van der Waals surface area contributed by atoms with E-state index in [4.69, 9.17) is 0 Å². The molecule has 208 valence electrons. The first-order chi connectivity index (χ1) is 17.7. The molecule has 0 heterocycles. The molecule has 5 rings (SSSR count). The molecule has 0 spiro atoms. The van der Waals surface area contributed by atoms with Gasteiger partial charge in [0.25, 0.3) is 0 Å². The van der Waals surface area contributed by atoms with Crippen molar-refractivity contribution in [3.63, 3.8) is 0 Å². The van der Waals surface area contributed by atoms with Crippen LogP contribution in [-0.4, -0.2) is 36.1 Å². The average Bonchev–Trinajstić information content (AvgIpc) is 3.23. The van der Waals surface area contributed by atoms with Crippen LogP contribution in [-0.2, 0) is 9.84 Å². The molecule has 8 unspecified atom stereocenters. The fourth-order valence-electron chi connectivity index (χ4n) is 8.80. The van der Waals surface area contributed by atoms with E-state index in [1.807, 2.05) is 19.9 Å². The normalized spacial score (nSPS) is 36.6. The molecule has 37 heavy (non-hydrogen) atoms. The van der Waals surface area contributed by atoms with Crippen LogP contribution in [0.4, 0.5) is 0 Å². The van der Waals surface area contributed by atoms with E-state index in [-0.39, 0.29) is 6.10 Å². The van der Waals surface area contributed by atoms with Gasteiger partial charge in [0.05, 0.1) is 22.4 Å². The Hall–Kier alpha value is -1.17. The molecular formula is C32H50O4S. The lowest BCUT2D eigenvalue weighted by Gasteiger charge is -2.54. The van der Waals surface area contributed by atoms with Crippen LogP contribution >= 0.6 is 0 Å². The van der Waals surface area contributed by atoms with Gasteiger partial charge in [-0.05, 0) is 125 Å². The SMILES string of the molecule is CC.CC(O)CC(CC[C@H]1CCC2C3CC=C4CC(O)CCC4C3CCC21C)S(=O)(=O)c1ccccc1.